The van der Waals surface area contributed by atoms with Crippen molar-refractivity contribution in [1.29, 1.82) is 0 Å². The van der Waals surface area contributed by atoms with Gasteiger partial charge in [0.05, 0.1) is 29.9 Å². The number of anilines is 2. The molecule has 110 valence electrons. The number of methoxy groups -OCH3 is 1. The Hall–Kier alpha value is -1.54. The van der Waals surface area contributed by atoms with Crippen LogP contribution in [0.5, 0.6) is 0 Å². The minimum atomic E-state index is -2.99. The fourth-order valence-electron chi connectivity index (χ4n) is 1.89. The molecular formula is C11H14ClN3O4S. The number of nitrogen functional groups attached to an aromatic ring is 1. The number of nitrogens with zero attached hydrogens (tertiary/aromatic N) is 2. The van der Waals surface area contributed by atoms with Gasteiger partial charge in [0.15, 0.2) is 15.0 Å². The van der Waals surface area contributed by atoms with Crippen LogP contribution in [0.2, 0.25) is 5.15 Å². The summed E-state index contributed by atoms with van der Waals surface area (Å²) in [5, 5.41) is -0.00340. The van der Waals surface area contributed by atoms with Crippen molar-refractivity contribution >= 4 is 38.9 Å². The second kappa shape index (κ2) is 5.45. The molecule has 0 radical (unpaired) electrons. The van der Waals surface area contributed by atoms with Gasteiger partial charge in [-0.1, -0.05) is 11.6 Å². The average molecular weight is 320 g/mol. The standard InChI is InChI=1S/C11H14ClN3O4S/c1-19-11(16)7-6-8(14-10(12)9(7)13)15-2-4-20(17,18)5-3-15/h6H,2-5,13H2,1H3. The van der Waals surface area contributed by atoms with Gasteiger partial charge < -0.3 is 15.4 Å². The van der Waals surface area contributed by atoms with E-state index < -0.39 is 15.8 Å². The van der Waals surface area contributed by atoms with Gasteiger partial charge in [0.25, 0.3) is 0 Å². The SMILES string of the molecule is COC(=O)c1cc(N2CCS(=O)(=O)CC2)nc(Cl)c1N. The summed E-state index contributed by atoms with van der Waals surface area (Å²) in [5.74, 6) is -0.105. The van der Waals surface area contributed by atoms with Gasteiger partial charge in [-0.05, 0) is 6.07 Å². The van der Waals surface area contributed by atoms with E-state index in [-0.39, 0.29) is 27.9 Å². The number of rotatable bonds is 2. The summed E-state index contributed by atoms with van der Waals surface area (Å²) in [6.45, 7) is 0.604. The van der Waals surface area contributed by atoms with Crippen molar-refractivity contribution in [2.24, 2.45) is 0 Å². The van der Waals surface area contributed by atoms with Gasteiger partial charge in [-0.25, -0.2) is 18.2 Å². The number of nitrogens with two attached hydrogens (primary N) is 1. The first kappa shape index (κ1) is 14.9. The average Bonchev–Trinajstić information content (AvgIpc) is 2.41. The van der Waals surface area contributed by atoms with E-state index in [1.165, 1.54) is 13.2 Å². The number of sulfone groups is 1. The van der Waals surface area contributed by atoms with Crippen LogP contribution < -0.4 is 10.6 Å². The van der Waals surface area contributed by atoms with Gasteiger partial charge >= 0.3 is 5.97 Å². The third kappa shape index (κ3) is 2.96. The second-order valence-electron chi connectivity index (χ2n) is 4.36. The van der Waals surface area contributed by atoms with E-state index in [0.29, 0.717) is 18.9 Å². The molecule has 9 heteroatoms. The highest BCUT2D eigenvalue weighted by Gasteiger charge is 2.24. The van der Waals surface area contributed by atoms with E-state index >= 15 is 0 Å². The Morgan fingerprint density at radius 2 is 2.05 bits per heavy atom. The quantitative estimate of drug-likeness (QED) is 0.619. The van der Waals surface area contributed by atoms with Crippen molar-refractivity contribution in [2.75, 3.05) is 42.3 Å². The summed E-state index contributed by atoms with van der Waals surface area (Å²) in [4.78, 5) is 17.5. The maximum atomic E-state index is 11.6. The maximum absolute atomic E-state index is 11.6. The zero-order valence-electron chi connectivity index (χ0n) is 10.8. The van der Waals surface area contributed by atoms with Gasteiger partial charge in [-0.15, -0.1) is 0 Å². The lowest BCUT2D eigenvalue weighted by molar-refractivity contribution is 0.0602. The molecule has 0 spiro atoms. The van der Waals surface area contributed by atoms with Crippen LogP contribution in [0.25, 0.3) is 0 Å². The van der Waals surface area contributed by atoms with Crippen molar-refractivity contribution < 1.29 is 17.9 Å². The zero-order chi connectivity index (χ0) is 14.9. The lowest BCUT2D eigenvalue weighted by Gasteiger charge is -2.28. The molecule has 0 aromatic carbocycles. The van der Waals surface area contributed by atoms with Crippen LogP contribution in [0, 0.1) is 0 Å². The Labute approximate surface area is 121 Å². The molecule has 2 rings (SSSR count). The molecule has 1 fully saturated rings. The summed E-state index contributed by atoms with van der Waals surface area (Å²) in [6, 6.07) is 1.46. The van der Waals surface area contributed by atoms with Crippen LogP contribution >= 0.6 is 11.6 Å². The summed E-state index contributed by atoms with van der Waals surface area (Å²) >= 11 is 5.91. The molecule has 2 heterocycles. The van der Waals surface area contributed by atoms with E-state index in [1.807, 2.05) is 0 Å². The highest BCUT2D eigenvalue weighted by molar-refractivity contribution is 7.91. The molecular weight excluding hydrogens is 306 g/mol. The third-order valence-corrected chi connectivity index (χ3v) is 4.97. The number of pyridine rings is 1. The number of ether oxygens (including phenoxy) is 1. The topological polar surface area (TPSA) is 103 Å². The fraction of sp³-hybridized carbons (Fsp3) is 0.455. The summed E-state index contributed by atoms with van der Waals surface area (Å²) in [6.07, 6.45) is 0. The number of carbonyl (C=O) groups excluding carboxylic acids is 1. The van der Waals surface area contributed by atoms with Crippen molar-refractivity contribution in [1.82, 2.24) is 4.98 Å². The molecule has 1 aliphatic heterocycles. The molecule has 0 unspecified atom stereocenters. The molecule has 0 atom stereocenters. The van der Waals surface area contributed by atoms with Gasteiger partial charge in [0, 0.05) is 13.1 Å². The van der Waals surface area contributed by atoms with E-state index in [2.05, 4.69) is 9.72 Å². The zero-order valence-corrected chi connectivity index (χ0v) is 12.4. The monoisotopic (exact) mass is 319 g/mol. The van der Waals surface area contributed by atoms with Crippen molar-refractivity contribution in [3.05, 3.63) is 16.8 Å². The number of hydrogen-bond donors (Lipinski definition) is 1. The highest BCUT2D eigenvalue weighted by atomic mass is 35.5. The Morgan fingerprint density at radius 1 is 1.45 bits per heavy atom. The predicted molar refractivity (Wildman–Crippen MR) is 75.9 cm³/mol. The first-order chi connectivity index (χ1) is 9.34. The molecule has 1 saturated heterocycles. The first-order valence-electron chi connectivity index (χ1n) is 5.84. The summed E-state index contributed by atoms with van der Waals surface area (Å²) in [5.41, 5.74) is 5.86. The number of aromatic nitrogens is 1. The molecule has 1 aliphatic rings. The Balaban J connectivity index is 2.34. The van der Waals surface area contributed by atoms with Crippen molar-refractivity contribution in [3.8, 4) is 0 Å². The van der Waals surface area contributed by atoms with E-state index in [9.17, 15) is 13.2 Å². The van der Waals surface area contributed by atoms with Gasteiger partial charge in [-0.3, -0.25) is 0 Å². The van der Waals surface area contributed by atoms with Crippen LogP contribution in [0.15, 0.2) is 6.07 Å². The number of halogens is 1. The molecule has 0 amide bonds. The molecule has 7 nitrogen and oxygen atoms in total. The minimum absolute atomic E-state index is 0.00340. The normalized spacial score (nSPS) is 17.8. The van der Waals surface area contributed by atoms with Crippen LogP contribution in [-0.4, -0.2) is 51.1 Å². The Morgan fingerprint density at radius 3 is 2.60 bits per heavy atom. The summed E-state index contributed by atoms with van der Waals surface area (Å²) in [7, 11) is -1.75. The van der Waals surface area contributed by atoms with Crippen LogP contribution in [-0.2, 0) is 14.6 Å². The minimum Gasteiger partial charge on any atom is -0.465 e. The van der Waals surface area contributed by atoms with Crippen LogP contribution in [0.4, 0.5) is 11.5 Å². The Bertz CT molecular complexity index is 633. The van der Waals surface area contributed by atoms with E-state index in [1.54, 1.807) is 4.90 Å². The van der Waals surface area contributed by atoms with E-state index in [4.69, 9.17) is 17.3 Å². The van der Waals surface area contributed by atoms with Crippen LogP contribution in [0.3, 0.4) is 0 Å². The molecule has 1 aromatic rings. The fourth-order valence-corrected chi connectivity index (χ4v) is 3.28. The molecule has 0 bridgehead atoms. The van der Waals surface area contributed by atoms with Gasteiger partial charge in [0.2, 0.25) is 0 Å². The van der Waals surface area contributed by atoms with Crippen molar-refractivity contribution in [3.63, 3.8) is 0 Å². The predicted octanol–water partition coefficient (Wildman–Crippen LogP) is 0.339. The lowest BCUT2D eigenvalue weighted by Crippen LogP contribution is -2.40. The van der Waals surface area contributed by atoms with Crippen molar-refractivity contribution in [2.45, 2.75) is 0 Å². The molecule has 20 heavy (non-hydrogen) atoms. The largest absolute Gasteiger partial charge is 0.465 e. The number of hydrogen-bond acceptors (Lipinski definition) is 7. The lowest BCUT2D eigenvalue weighted by atomic mass is 10.2. The van der Waals surface area contributed by atoms with Gasteiger partial charge in [0.1, 0.15) is 5.82 Å². The first-order valence-corrected chi connectivity index (χ1v) is 8.03. The highest BCUT2D eigenvalue weighted by Crippen LogP contribution is 2.27. The van der Waals surface area contributed by atoms with Crippen LogP contribution in [0.1, 0.15) is 10.4 Å². The molecule has 0 aliphatic carbocycles. The third-order valence-electron chi connectivity index (χ3n) is 3.07. The van der Waals surface area contributed by atoms with Gasteiger partial charge in [-0.2, -0.15) is 0 Å². The Kier molecular flexibility index (Phi) is 4.05. The number of carbonyl (C=O) groups is 1. The second-order valence-corrected chi connectivity index (χ2v) is 7.02. The molecule has 2 N–H and O–H groups in total. The summed E-state index contributed by atoms with van der Waals surface area (Å²) < 4.78 is 27.4. The smallest absolute Gasteiger partial charge is 0.340 e. The molecule has 0 saturated carbocycles. The molecule has 1 aromatic heterocycles. The maximum Gasteiger partial charge on any atom is 0.340 e. The van der Waals surface area contributed by atoms with E-state index in [0.717, 1.165) is 0 Å². The number of esters is 1.